The zero-order chi connectivity index (χ0) is 21.2. The molecule has 0 saturated heterocycles. The molecule has 148 valence electrons. The van der Waals surface area contributed by atoms with Crippen LogP contribution in [0.2, 0.25) is 0 Å². The van der Waals surface area contributed by atoms with Crippen LogP contribution in [0.3, 0.4) is 0 Å². The van der Waals surface area contributed by atoms with Crippen LogP contribution >= 0.6 is 22.7 Å². The van der Waals surface area contributed by atoms with Gasteiger partial charge in [0.1, 0.15) is 0 Å². The van der Waals surface area contributed by atoms with Crippen LogP contribution in [-0.2, 0) is 0 Å². The number of allylic oxidation sites excluding steroid dienone is 8. The molecular formula is C29H20S2. The van der Waals surface area contributed by atoms with E-state index in [9.17, 15) is 0 Å². The molecule has 31 heavy (non-hydrogen) atoms. The molecule has 2 aromatic heterocycles. The van der Waals surface area contributed by atoms with Gasteiger partial charge in [-0.3, -0.25) is 0 Å². The van der Waals surface area contributed by atoms with Crippen LogP contribution in [0.15, 0.2) is 71.2 Å². The van der Waals surface area contributed by atoms with E-state index in [1.165, 1.54) is 38.4 Å². The highest BCUT2D eigenvalue weighted by Gasteiger charge is 2.22. The number of rotatable bonds is 2. The maximum absolute atomic E-state index is 3.33. The Bertz CT molecular complexity index is 1330. The van der Waals surface area contributed by atoms with E-state index in [-0.39, 0.29) is 0 Å². The first-order valence-corrected chi connectivity index (χ1v) is 12.0. The lowest BCUT2D eigenvalue weighted by molar-refractivity contribution is 0.941. The Labute approximate surface area is 192 Å². The van der Waals surface area contributed by atoms with Gasteiger partial charge in [-0.15, -0.1) is 34.1 Å². The topological polar surface area (TPSA) is 0 Å². The Morgan fingerprint density at radius 2 is 1.19 bits per heavy atom. The van der Waals surface area contributed by atoms with Crippen LogP contribution < -0.4 is 0 Å². The molecule has 0 bridgehead atoms. The first-order valence-electron chi connectivity index (χ1n) is 10.4. The lowest BCUT2D eigenvalue weighted by Crippen LogP contribution is -1.86. The van der Waals surface area contributed by atoms with Crippen molar-refractivity contribution in [3.05, 3.63) is 102 Å². The van der Waals surface area contributed by atoms with Gasteiger partial charge in [0.25, 0.3) is 0 Å². The van der Waals surface area contributed by atoms with E-state index in [4.69, 9.17) is 0 Å². The highest BCUT2D eigenvalue weighted by Crippen LogP contribution is 2.44. The third-order valence-corrected chi connectivity index (χ3v) is 7.47. The van der Waals surface area contributed by atoms with Crippen molar-refractivity contribution in [1.29, 1.82) is 0 Å². The first kappa shape index (κ1) is 19.7. The summed E-state index contributed by atoms with van der Waals surface area (Å²) in [6.07, 6.45) is 15.3. The fraction of sp³-hybridized carbons (Fsp3) is 0.172. The molecule has 0 saturated carbocycles. The zero-order valence-corrected chi connectivity index (χ0v) is 19.2. The fourth-order valence-electron chi connectivity index (χ4n) is 4.10. The van der Waals surface area contributed by atoms with Crippen molar-refractivity contribution in [1.82, 2.24) is 0 Å². The summed E-state index contributed by atoms with van der Waals surface area (Å²) in [5.74, 6) is 13.1. The normalized spacial score (nSPS) is 15.8. The van der Waals surface area contributed by atoms with E-state index < -0.39 is 0 Å². The highest BCUT2D eigenvalue weighted by molar-refractivity contribution is 7.13. The second-order valence-electron chi connectivity index (χ2n) is 7.64. The zero-order valence-electron chi connectivity index (χ0n) is 17.6. The van der Waals surface area contributed by atoms with Crippen molar-refractivity contribution in [2.24, 2.45) is 0 Å². The molecule has 0 fully saturated rings. The minimum atomic E-state index is 0.954. The summed E-state index contributed by atoms with van der Waals surface area (Å²) < 4.78 is 0. The maximum Gasteiger partial charge on any atom is 0.0781 e. The average molecular weight is 433 g/mol. The van der Waals surface area contributed by atoms with Crippen LogP contribution in [-0.4, -0.2) is 0 Å². The first-order chi connectivity index (χ1) is 15.2. The molecule has 2 heteroatoms. The Kier molecular flexibility index (Phi) is 5.40. The Balaban J connectivity index is 1.48. The summed E-state index contributed by atoms with van der Waals surface area (Å²) in [5.41, 5.74) is 13.9. The van der Waals surface area contributed by atoms with Crippen LogP contribution in [0.4, 0.5) is 0 Å². The Morgan fingerprint density at radius 3 is 1.61 bits per heavy atom. The summed E-state index contributed by atoms with van der Waals surface area (Å²) in [5, 5.41) is 0. The Hall–Kier alpha value is -3.22. The summed E-state index contributed by atoms with van der Waals surface area (Å²) in [7, 11) is 0. The number of thiophene rings is 2. The van der Waals surface area contributed by atoms with Gasteiger partial charge in [0.15, 0.2) is 0 Å². The quantitative estimate of drug-likeness (QED) is 0.340. The van der Waals surface area contributed by atoms with Gasteiger partial charge >= 0.3 is 0 Å². The number of hydrogen-bond donors (Lipinski definition) is 0. The fourth-order valence-corrected chi connectivity index (χ4v) is 5.90. The molecule has 0 amide bonds. The molecule has 3 aliphatic carbocycles. The minimum absolute atomic E-state index is 0.954. The van der Waals surface area contributed by atoms with Crippen LogP contribution in [0.25, 0.3) is 11.1 Å². The molecule has 0 atom stereocenters. The predicted molar refractivity (Wildman–Crippen MR) is 134 cm³/mol. The molecule has 3 aliphatic rings. The van der Waals surface area contributed by atoms with E-state index in [0.717, 1.165) is 33.7 Å². The molecule has 0 N–H and O–H groups in total. The van der Waals surface area contributed by atoms with Gasteiger partial charge in [-0.1, -0.05) is 35.8 Å². The van der Waals surface area contributed by atoms with Crippen molar-refractivity contribution >= 4 is 33.8 Å². The number of hydrogen-bond acceptors (Lipinski definition) is 2. The smallest absolute Gasteiger partial charge is 0.0781 e. The monoisotopic (exact) mass is 432 g/mol. The largest absolute Gasteiger partial charge is 0.131 e. The van der Waals surface area contributed by atoms with Gasteiger partial charge < -0.3 is 0 Å². The summed E-state index contributed by atoms with van der Waals surface area (Å²) in [6.45, 7) is 4.44. The Morgan fingerprint density at radius 1 is 0.710 bits per heavy atom. The predicted octanol–water partition coefficient (Wildman–Crippen LogP) is 7.53. The van der Waals surface area contributed by atoms with Crippen molar-refractivity contribution in [2.75, 3.05) is 0 Å². The van der Waals surface area contributed by atoms with Crippen molar-refractivity contribution < 1.29 is 0 Å². The molecule has 0 spiro atoms. The number of aryl methyl sites for hydroxylation is 2. The lowest BCUT2D eigenvalue weighted by atomic mass is 9.97. The van der Waals surface area contributed by atoms with Crippen molar-refractivity contribution in [3.8, 4) is 23.7 Å². The van der Waals surface area contributed by atoms with Crippen LogP contribution in [0.1, 0.15) is 49.9 Å². The molecule has 0 aromatic carbocycles. The summed E-state index contributed by atoms with van der Waals surface area (Å²) in [4.78, 5) is 4.95. The highest BCUT2D eigenvalue weighted by atomic mass is 32.1. The molecule has 2 aromatic rings. The average Bonchev–Trinajstić information content (AvgIpc) is 3.56. The summed E-state index contributed by atoms with van der Waals surface area (Å²) >= 11 is 3.58. The van der Waals surface area contributed by atoms with Crippen LogP contribution in [0, 0.1) is 37.5 Å². The van der Waals surface area contributed by atoms with Crippen molar-refractivity contribution in [3.63, 3.8) is 0 Å². The van der Waals surface area contributed by atoms with E-state index in [1.54, 1.807) is 22.7 Å². The van der Waals surface area contributed by atoms with Gasteiger partial charge in [-0.25, -0.2) is 0 Å². The molecule has 5 rings (SSSR count). The molecule has 0 unspecified atom stereocenters. The molecular weight excluding hydrogens is 412 g/mol. The molecule has 2 heterocycles. The van der Waals surface area contributed by atoms with Gasteiger partial charge in [0.05, 0.1) is 20.9 Å². The molecule has 0 aliphatic heterocycles. The molecule has 0 radical (unpaired) electrons. The van der Waals surface area contributed by atoms with Gasteiger partial charge in [0, 0.05) is 9.75 Å². The van der Waals surface area contributed by atoms with Crippen LogP contribution in [0.5, 0.6) is 0 Å². The van der Waals surface area contributed by atoms with Gasteiger partial charge in [-0.05, 0) is 91.8 Å². The second-order valence-corrected chi connectivity index (χ2v) is 10.2. The van der Waals surface area contributed by atoms with E-state index in [1.807, 2.05) is 36.5 Å². The maximum atomic E-state index is 3.33. The molecule has 0 nitrogen and oxygen atoms in total. The van der Waals surface area contributed by atoms with E-state index >= 15 is 0 Å². The van der Waals surface area contributed by atoms with E-state index in [2.05, 4.69) is 61.1 Å². The third-order valence-electron chi connectivity index (χ3n) is 5.54. The SMILES string of the molecule is Cc1sc(C#CC2=C=CC=C2)cc1C1=C(c2cc(C#CC3=C=CC=C3)sc2C)CCC1. The summed E-state index contributed by atoms with van der Waals surface area (Å²) in [6, 6.07) is 4.56. The van der Waals surface area contributed by atoms with E-state index in [0.29, 0.717) is 0 Å². The second kappa shape index (κ2) is 8.49. The van der Waals surface area contributed by atoms with Crippen molar-refractivity contribution in [2.45, 2.75) is 33.1 Å². The third kappa shape index (κ3) is 4.17. The lowest BCUT2D eigenvalue weighted by Gasteiger charge is -2.07. The van der Waals surface area contributed by atoms with Gasteiger partial charge in [0.2, 0.25) is 0 Å². The van der Waals surface area contributed by atoms with Gasteiger partial charge in [-0.2, -0.15) is 0 Å². The minimum Gasteiger partial charge on any atom is -0.131 e. The standard InChI is InChI=1S/C29H20S2/c1-20-28(18-24(30-20)16-14-22-8-3-4-9-22)26-12-7-13-27(26)29-19-25(31-21(29)2)17-15-23-10-5-6-11-23/h3-6,8,10,18-19H,7,12-13H2,1-2H3.